The summed E-state index contributed by atoms with van der Waals surface area (Å²) in [5.74, 6) is 0.0927. The van der Waals surface area contributed by atoms with Crippen LogP contribution in [-0.4, -0.2) is 36.3 Å². The van der Waals surface area contributed by atoms with Crippen LogP contribution in [0, 0.1) is 10.1 Å². The van der Waals surface area contributed by atoms with Gasteiger partial charge in [-0.05, 0) is 42.5 Å². The van der Waals surface area contributed by atoms with Crippen LogP contribution in [0.4, 0.5) is 11.4 Å². The van der Waals surface area contributed by atoms with Crippen LogP contribution in [0.25, 0.3) is 28.0 Å². The second kappa shape index (κ2) is 10.0. The van der Waals surface area contributed by atoms with Gasteiger partial charge < -0.3 is 10.3 Å². The number of nitrogens with zero attached hydrogens (tertiary/aromatic N) is 4. The maximum atomic E-state index is 12.7. The van der Waals surface area contributed by atoms with Gasteiger partial charge in [0.1, 0.15) is 5.69 Å². The monoisotopic (exact) mass is 538 g/mol. The number of carbonyl (C=O) groups excluding carboxylic acids is 1. The highest BCUT2D eigenvalue weighted by atomic mass is 35.5. The molecule has 5 aromatic rings. The van der Waals surface area contributed by atoms with Crippen molar-refractivity contribution in [2.45, 2.75) is 5.16 Å². The number of para-hydroxylation sites is 1. The number of nitro benzene ring substituents is 1. The third-order valence-electron chi connectivity index (χ3n) is 5.31. The molecule has 0 saturated carbocycles. The number of amides is 1. The molecule has 0 bridgehead atoms. The number of anilines is 1. The summed E-state index contributed by atoms with van der Waals surface area (Å²) in [6.45, 7) is 0. The highest BCUT2D eigenvalue weighted by Crippen LogP contribution is 2.33. The molecule has 5 rings (SSSR count). The number of aromatic nitrogens is 4. The zero-order valence-electron chi connectivity index (χ0n) is 18.3. The summed E-state index contributed by atoms with van der Waals surface area (Å²) in [5.41, 5.74) is 2.35. The maximum Gasteiger partial charge on any atom is 0.294 e. The molecule has 0 radical (unpaired) electrons. The number of rotatable bonds is 7. The lowest BCUT2D eigenvalue weighted by Gasteiger charge is -2.10. The largest absolute Gasteiger partial charge is 0.360 e. The molecule has 0 aliphatic heterocycles. The second-order valence-corrected chi connectivity index (χ2v) is 9.44. The van der Waals surface area contributed by atoms with Crippen LogP contribution in [0.5, 0.6) is 0 Å². The summed E-state index contributed by atoms with van der Waals surface area (Å²) in [6, 6.07) is 19.1. The standard InChI is InChI=1S/C24H16Cl2N6O3S/c25-14-5-8-16(9-6-14)31-23(18-12-27-19-4-2-1-3-17(18)19)29-30-24(31)36-13-22(33)28-20-10-7-15(26)11-21(20)32(34)35/h1-12,27H,13H2,(H,28,33). The molecule has 3 aromatic carbocycles. The average molecular weight is 539 g/mol. The lowest BCUT2D eigenvalue weighted by atomic mass is 10.1. The molecule has 0 aliphatic carbocycles. The number of hydrogen-bond acceptors (Lipinski definition) is 6. The number of aromatic amines is 1. The molecule has 0 atom stereocenters. The van der Waals surface area contributed by atoms with E-state index in [2.05, 4.69) is 20.5 Å². The van der Waals surface area contributed by atoms with Crippen molar-refractivity contribution < 1.29 is 9.72 Å². The maximum absolute atomic E-state index is 12.7. The Morgan fingerprint density at radius 3 is 2.58 bits per heavy atom. The molecule has 180 valence electrons. The Bertz CT molecular complexity index is 1600. The minimum atomic E-state index is -0.598. The van der Waals surface area contributed by atoms with Crippen LogP contribution < -0.4 is 5.32 Å². The first-order valence-electron chi connectivity index (χ1n) is 10.5. The fourth-order valence-electron chi connectivity index (χ4n) is 3.70. The van der Waals surface area contributed by atoms with Crippen LogP contribution in [0.2, 0.25) is 10.0 Å². The Morgan fingerprint density at radius 1 is 1.06 bits per heavy atom. The lowest BCUT2D eigenvalue weighted by Crippen LogP contribution is -2.15. The molecule has 0 unspecified atom stereocenters. The van der Waals surface area contributed by atoms with E-state index in [0.717, 1.165) is 33.9 Å². The van der Waals surface area contributed by atoms with Gasteiger partial charge in [0.15, 0.2) is 11.0 Å². The lowest BCUT2D eigenvalue weighted by molar-refractivity contribution is -0.383. The van der Waals surface area contributed by atoms with Crippen molar-refractivity contribution in [3.63, 3.8) is 0 Å². The Morgan fingerprint density at radius 2 is 1.81 bits per heavy atom. The summed E-state index contributed by atoms with van der Waals surface area (Å²) in [4.78, 5) is 26.7. The first-order chi connectivity index (χ1) is 17.4. The van der Waals surface area contributed by atoms with Crippen LogP contribution in [-0.2, 0) is 4.79 Å². The SMILES string of the molecule is O=C(CSc1nnc(-c2c[nH]c3ccccc23)n1-c1ccc(Cl)cc1)Nc1ccc(Cl)cc1[N+](=O)[O-]. The van der Waals surface area contributed by atoms with E-state index in [4.69, 9.17) is 23.2 Å². The molecule has 2 heterocycles. The second-order valence-electron chi connectivity index (χ2n) is 7.62. The topological polar surface area (TPSA) is 119 Å². The Labute approximate surface area is 218 Å². The number of halogens is 2. The van der Waals surface area contributed by atoms with Crippen molar-refractivity contribution >= 4 is 63.1 Å². The van der Waals surface area contributed by atoms with Crippen LogP contribution in [0.3, 0.4) is 0 Å². The van der Waals surface area contributed by atoms with E-state index in [0.29, 0.717) is 16.0 Å². The molecule has 0 spiro atoms. The van der Waals surface area contributed by atoms with Gasteiger partial charge in [0.05, 0.1) is 10.7 Å². The molecule has 0 fully saturated rings. The van der Waals surface area contributed by atoms with Gasteiger partial charge in [-0.1, -0.05) is 53.2 Å². The zero-order valence-corrected chi connectivity index (χ0v) is 20.6. The quantitative estimate of drug-likeness (QED) is 0.141. The van der Waals surface area contributed by atoms with Crippen LogP contribution in [0.15, 0.2) is 78.1 Å². The highest BCUT2D eigenvalue weighted by Gasteiger charge is 2.21. The van der Waals surface area contributed by atoms with Gasteiger partial charge in [-0.15, -0.1) is 10.2 Å². The molecular formula is C24H16Cl2N6O3S. The molecule has 0 aliphatic rings. The van der Waals surface area contributed by atoms with Gasteiger partial charge in [-0.25, -0.2) is 0 Å². The number of thioether (sulfide) groups is 1. The third kappa shape index (κ3) is 4.78. The number of benzene rings is 3. The van der Waals surface area contributed by atoms with Crippen molar-refractivity contribution in [2.24, 2.45) is 0 Å². The van der Waals surface area contributed by atoms with E-state index in [1.54, 1.807) is 12.1 Å². The number of H-pyrrole nitrogens is 1. The van der Waals surface area contributed by atoms with E-state index in [9.17, 15) is 14.9 Å². The molecule has 12 heteroatoms. The number of nitro groups is 1. The average Bonchev–Trinajstić information content (AvgIpc) is 3.48. The summed E-state index contributed by atoms with van der Waals surface area (Å²) in [6.07, 6.45) is 1.86. The first-order valence-corrected chi connectivity index (χ1v) is 12.3. The minimum absolute atomic E-state index is 0.0562. The molecule has 2 aromatic heterocycles. The summed E-state index contributed by atoms with van der Waals surface area (Å²) < 4.78 is 1.84. The van der Waals surface area contributed by atoms with Gasteiger partial charge in [0, 0.05) is 44.5 Å². The molecule has 9 nitrogen and oxygen atoms in total. The molecule has 0 saturated heterocycles. The predicted molar refractivity (Wildman–Crippen MR) is 141 cm³/mol. The molecule has 1 amide bonds. The van der Waals surface area contributed by atoms with Crippen LogP contribution in [0.1, 0.15) is 0 Å². The van der Waals surface area contributed by atoms with E-state index < -0.39 is 10.8 Å². The summed E-state index contributed by atoms with van der Waals surface area (Å²) in [5, 5.41) is 24.9. The Balaban J connectivity index is 1.45. The molecular weight excluding hydrogens is 523 g/mol. The fourth-order valence-corrected chi connectivity index (χ4v) is 4.74. The Kier molecular flexibility index (Phi) is 6.64. The number of nitrogens with one attached hydrogen (secondary N) is 2. The number of fused-ring (bicyclic) bond motifs is 1. The van der Waals surface area contributed by atoms with Crippen molar-refractivity contribution in [2.75, 3.05) is 11.1 Å². The van der Waals surface area contributed by atoms with Crippen LogP contribution >= 0.6 is 35.0 Å². The first kappa shape index (κ1) is 23.9. The third-order valence-corrected chi connectivity index (χ3v) is 6.73. The minimum Gasteiger partial charge on any atom is -0.360 e. The van der Waals surface area contributed by atoms with Gasteiger partial charge in [0.2, 0.25) is 5.91 Å². The van der Waals surface area contributed by atoms with Crippen molar-refractivity contribution in [3.05, 3.63) is 93.1 Å². The highest BCUT2D eigenvalue weighted by molar-refractivity contribution is 7.99. The van der Waals surface area contributed by atoms with Gasteiger partial charge in [-0.3, -0.25) is 19.5 Å². The molecule has 36 heavy (non-hydrogen) atoms. The molecule has 2 N–H and O–H groups in total. The van der Waals surface area contributed by atoms with E-state index >= 15 is 0 Å². The van der Waals surface area contributed by atoms with Crippen molar-refractivity contribution in [3.8, 4) is 17.1 Å². The summed E-state index contributed by atoms with van der Waals surface area (Å²) >= 11 is 13.1. The Hall–Kier alpha value is -3.86. The van der Waals surface area contributed by atoms with E-state index in [1.165, 1.54) is 18.2 Å². The summed E-state index contributed by atoms with van der Waals surface area (Å²) in [7, 11) is 0. The van der Waals surface area contributed by atoms with Crippen molar-refractivity contribution in [1.29, 1.82) is 0 Å². The van der Waals surface area contributed by atoms with Gasteiger partial charge in [0.25, 0.3) is 5.69 Å². The predicted octanol–water partition coefficient (Wildman–Crippen LogP) is 6.36. The van der Waals surface area contributed by atoms with E-state index in [-0.39, 0.29) is 22.2 Å². The van der Waals surface area contributed by atoms with Gasteiger partial charge >= 0.3 is 0 Å². The zero-order chi connectivity index (χ0) is 25.2. The number of hydrogen-bond donors (Lipinski definition) is 2. The number of carbonyl (C=O) groups is 1. The smallest absolute Gasteiger partial charge is 0.294 e. The fraction of sp³-hybridized carbons (Fsp3) is 0.0417. The van der Waals surface area contributed by atoms with E-state index in [1.807, 2.05) is 47.2 Å². The normalized spacial score (nSPS) is 11.1. The van der Waals surface area contributed by atoms with Gasteiger partial charge in [-0.2, -0.15) is 0 Å². The van der Waals surface area contributed by atoms with Crippen molar-refractivity contribution in [1.82, 2.24) is 19.7 Å².